The summed E-state index contributed by atoms with van der Waals surface area (Å²) in [6.07, 6.45) is 1.72. The molecule has 0 fully saturated rings. The highest BCUT2D eigenvalue weighted by Gasteiger charge is 1.59. The molecule has 0 radical (unpaired) electrons. The lowest BCUT2D eigenvalue weighted by atomic mass is 10.4. The van der Waals surface area contributed by atoms with Crippen LogP contribution in [0.3, 0.4) is 0 Å². The maximum Gasteiger partial charge on any atom is -0.0404 e. The lowest BCUT2D eigenvalue weighted by Gasteiger charge is -1.71. The second-order valence-electron chi connectivity index (χ2n) is 1.05. The van der Waals surface area contributed by atoms with Crippen molar-refractivity contribution < 1.29 is 0 Å². The third-order valence-corrected chi connectivity index (χ3v) is 0.348. The van der Waals surface area contributed by atoms with E-state index in [1.54, 1.807) is 6.08 Å². The Morgan fingerprint density at radius 3 is 1.83 bits per heavy atom. The zero-order valence-corrected chi connectivity index (χ0v) is 4.72. The third kappa shape index (κ3) is 9.23. The highest BCUT2D eigenvalue weighted by molar-refractivity contribution is 5.85. The molecule has 0 aliphatic carbocycles. The van der Waals surface area contributed by atoms with Crippen molar-refractivity contribution >= 4 is 12.4 Å². The van der Waals surface area contributed by atoms with Crippen molar-refractivity contribution in [3.05, 3.63) is 24.8 Å². The fourth-order valence-electron chi connectivity index (χ4n) is 0. The van der Waals surface area contributed by atoms with Crippen molar-refractivity contribution in [2.24, 2.45) is 0 Å². The molecule has 0 amide bonds. The molecule has 0 N–H and O–H groups in total. The van der Waals surface area contributed by atoms with E-state index in [9.17, 15) is 0 Å². The summed E-state index contributed by atoms with van der Waals surface area (Å²) >= 11 is 0. The van der Waals surface area contributed by atoms with Gasteiger partial charge in [-0.3, -0.25) is 0 Å². The molecule has 0 saturated carbocycles. The summed E-state index contributed by atoms with van der Waals surface area (Å²) < 4.78 is 0. The summed E-state index contributed by atoms with van der Waals surface area (Å²) in [6.45, 7) is 8.93. The van der Waals surface area contributed by atoms with E-state index in [0.29, 0.717) is 0 Å². The second kappa shape index (κ2) is 4.77. The standard InChI is InChI=1S/C5H8.ClH/c1-4-5(2)3;/h4H,1-2H2,3H3;1H. The molecule has 0 spiro atoms. The number of hydrogen-bond acceptors (Lipinski definition) is 0. The summed E-state index contributed by atoms with van der Waals surface area (Å²) in [6, 6.07) is 0. The molecule has 0 nitrogen and oxygen atoms in total. The predicted molar refractivity (Wildman–Crippen MR) is 32.3 cm³/mol. The summed E-state index contributed by atoms with van der Waals surface area (Å²) in [7, 11) is 0. The first-order valence-electron chi connectivity index (χ1n) is 1.55. The van der Waals surface area contributed by atoms with Gasteiger partial charge in [-0.1, -0.05) is 24.8 Å². The van der Waals surface area contributed by atoms with Crippen molar-refractivity contribution in [3.8, 4) is 0 Å². The molecule has 0 aromatic heterocycles. The molecule has 0 rings (SSSR count). The molecule has 6 heavy (non-hydrogen) atoms. The Morgan fingerprint density at radius 2 is 1.83 bits per heavy atom. The first-order valence-corrected chi connectivity index (χ1v) is 1.55. The second-order valence-corrected chi connectivity index (χ2v) is 1.05. The van der Waals surface area contributed by atoms with Crippen LogP contribution in [0, 0.1) is 0 Å². The Balaban J connectivity index is 0. The summed E-state index contributed by atoms with van der Waals surface area (Å²) in [4.78, 5) is 0. The summed E-state index contributed by atoms with van der Waals surface area (Å²) in [5.41, 5.74) is 1.02. The van der Waals surface area contributed by atoms with Crippen LogP contribution >= 0.6 is 12.4 Å². The van der Waals surface area contributed by atoms with Crippen LogP contribution in [0.5, 0.6) is 0 Å². The van der Waals surface area contributed by atoms with Gasteiger partial charge in [0, 0.05) is 0 Å². The van der Waals surface area contributed by atoms with E-state index in [1.807, 2.05) is 6.92 Å². The van der Waals surface area contributed by atoms with Crippen LogP contribution in [-0.4, -0.2) is 0 Å². The van der Waals surface area contributed by atoms with Gasteiger partial charge in [-0.05, 0) is 6.92 Å². The third-order valence-electron chi connectivity index (χ3n) is 0.348. The van der Waals surface area contributed by atoms with E-state index in [0.717, 1.165) is 5.57 Å². The van der Waals surface area contributed by atoms with Crippen molar-refractivity contribution in [1.82, 2.24) is 0 Å². The van der Waals surface area contributed by atoms with Crippen LogP contribution in [-0.2, 0) is 0 Å². The lowest BCUT2D eigenvalue weighted by molar-refractivity contribution is 1.58. The molecule has 0 unspecified atom stereocenters. The Morgan fingerprint density at radius 1 is 1.67 bits per heavy atom. The van der Waals surface area contributed by atoms with Gasteiger partial charge in [-0.25, -0.2) is 0 Å². The van der Waals surface area contributed by atoms with E-state index in [2.05, 4.69) is 13.2 Å². The van der Waals surface area contributed by atoms with E-state index in [-0.39, 0.29) is 12.4 Å². The molecule has 0 aliphatic rings. The summed E-state index contributed by atoms with van der Waals surface area (Å²) in [5.74, 6) is 0. The van der Waals surface area contributed by atoms with Gasteiger partial charge in [0.1, 0.15) is 0 Å². The molecular formula is C5H9Cl. The number of hydrogen-bond donors (Lipinski definition) is 0. The molecule has 0 heterocycles. The normalized spacial score (nSPS) is 5.50. The molecule has 0 aromatic rings. The first-order chi connectivity index (χ1) is 2.27. The van der Waals surface area contributed by atoms with E-state index in [1.165, 1.54) is 0 Å². The van der Waals surface area contributed by atoms with E-state index >= 15 is 0 Å². The Labute approximate surface area is 45.0 Å². The smallest absolute Gasteiger partial charge is 0.0404 e. The van der Waals surface area contributed by atoms with Crippen molar-refractivity contribution in [2.75, 3.05) is 0 Å². The average molecular weight is 105 g/mol. The Bertz CT molecular complexity index is 55.0. The molecule has 0 aromatic carbocycles. The van der Waals surface area contributed by atoms with Crippen LogP contribution < -0.4 is 0 Å². The quantitative estimate of drug-likeness (QED) is 0.448. The molecule has 0 saturated heterocycles. The Hall–Kier alpha value is -0.230. The van der Waals surface area contributed by atoms with Gasteiger partial charge in [-0.15, -0.1) is 12.4 Å². The minimum Gasteiger partial charge on any atom is -0.147 e. The van der Waals surface area contributed by atoms with E-state index < -0.39 is 0 Å². The van der Waals surface area contributed by atoms with Crippen LogP contribution in [0.1, 0.15) is 6.92 Å². The highest BCUT2D eigenvalue weighted by atomic mass is 35.5. The van der Waals surface area contributed by atoms with Gasteiger partial charge in [-0.2, -0.15) is 0 Å². The highest BCUT2D eigenvalue weighted by Crippen LogP contribution is 1.81. The first kappa shape index (κ1) is 9.24. The van der Waals surface area contributed by atoms with Crippen molar-refractivity contribution in [1.29, 1.82) is 0 Å². The van der Waals surface area contributed by atoms with Crippen molar-refractivity contribution in [3.63, 3.8) is 0 Å². The van der Waals surface area contributed by atoms with E-state index in [4.69, 9.17) is 0 Å². The van der Waals surface area contributed by atoms with Crippen molar-refractivity contribution in [2.45, 2.75) is 6.92 Å². The molecular weight excluding hydrogens is 95.5 g/mol. The average Bonchev–Trinajstić information content (AvgIpc) is 1.38. The SMILES string of the molecule is C=CC(=C)C.Cl. The molecule has 1 heteroatoms. The predicted octanol–water partition coefficient (Wildman–Crippen LogP) is 2.17. The largest absolute Gasteiger partial charge is 0.147 e. The summed E-state index contributed by atoms with van der Waals surface area (Å²) in [5, 5.41) is 0. The van der Waals surface area contributed by atoms with Crippen LogP contribution in [0.25, 0.3) is 0 Å². The number of rotatable bonds is 1. The molecule has 0 aliphatic heterocycles. The topological polar surface area (TPSA) is 0 Å². The fraction of sp³-hybridized carbons (Fsp3) is 0.200. The van der Waals surface area contributed by atoms with Crippen LogP contribution in [0.2, 0.25) is 0 Å². The maximum atomic E-state index is 3.56. The van der Waals surface area contributed by atoms with Gasteiger partial charge in [0.15, 0.2) is 0 Å². The van der Waals surface area contributed by atoms with Crippen LogP contribution in [0.4, 0.5) is 0 Å². The fourth-order valence-corrected chi connectivity index (χ4v) is 0. The zero-order chi connectivity index (χ0) is 4.28. The minimum absolute atomic E-state index is 0. The van der Waals surface area contributed by atoms with Gasteiger partial charge in [0.2, 0.25) is 0 Å². The number of halogens is 1. The zero-order valence-electron chi connectivity index (χ0n) is 3.90. The minimum atomic E-state index is 0. The van der Waals surface area contributed by atoms with Gasteiger partial charge < -0.3 is 0 Å². The lowest BCUT2D eigenvalue weighted by Crippen LogP contribution is -1.50. The van der Waals surface area contributed by atoms with Gasteiger partial charge >= 0.3 is 0 Å². The maximum absolute atomic E-state index is 3.56. The monoisotopic (exact) mass is 104 g/mol. The molecule has 0 bridgehead atoms. The van der Waals surface area contributed by atoms with Gasteiger partial charge in [0.25, 0.3) is 0 Å². The molecule has 36 valence electrons. The Kier molecular flexibility index (Phi) is 7.34. The van der Waals surface area contributed by atoms with Gasteiger partial charge in [0.05, 0.1) is 0 Å². The number of allylic oxidation sites excluding steroid dienone is 2. The molecule has 0 atom stereocenters. The van der Waals surface area contributed by atoms with Crippen LogP contribution in [0.15, 0.2) is 24.8 Å².